The van der Waals surface area contributed by atoms with Gasteiger partial charge in [-0.2, -0.15) is 13.2 Å². The summed E-state index contributed by atoms with van der Waals surface area (Å²) in [6.45, 7) is 5.07. The summed E-state index contributed by atoms with van der Waals surface area (Å²) in [7, 11) is 0. The highest BCUT2D eigenvalue weighted by molar-refractivity contribution is 5.81. The van der Waals surface area contributed by atoms with Crippen molar-refractivity contribution in [1.29, 1.82) is 0 Å². The average molecular weight is 252 g/mol. The van der Waals surface area contributed by atoms with Crippen LogP contribution in [0.15, 0.2) is 0 Å². The van der Waals surface area contributed by atoms with Gasteiger partial charge in [0, 0.05) is 6.54 Å². The van der Waals surface area contributed by atoms with Crippen molar-refractivity contribution in [3.05, 3.63) is 0 Å². The Hall–Kier alpha value is -0.780. The van der Waals surface area contributed by atoms with E-state index in [0.29, 0.717) is 6.42 Å². The number of rotatable bonds is 4. The molecule has 0 aromatic carbocycles. The van der Waals surface area contributed by atoms with Crippen molar-refractivity contribution in [2.24, 2.45) is 5.92 Å². The number of nitrogens with one attached hydrogen (secondary N) is 1. The van der Waals surface area contributed by atoms with Crippen molar-refractivity contribution in [2.75, 3.05) is 26.2 Å². The maximum atomic E-state index is 11.9. The molecular weight excluding hydrogens is 233 g/mol. The topological polar surface area (TPSA) is 32.3 Å². The number of carbonyl (C=O) groups excluding carboxylic acids is 1. The van der Waals surface area contributed by atoms with Gasteiger partial charge in [0.15, 0.2) is 0 Å². The van der Waals surface area contributed by atoms with Crippen LogP contribution in [-0.4, -0.2) is 43.2 Å². The zero-order valence-corrected chi connectivity index (χ0v) is 10.0. The van der Waals surface area contributed by atoms with E-state index in [-0.39, 0.29) is 6.54 Å². The molecule has 1 heterocycles. The molecule has 1 saturated heterocycles. The van der Waals surface area contributed by atoms with E-state index in [9.17, 15) is 18.0 Å². The van der Waals surface area contributed by atoms with E-state index >= 15 is 0 Å². The van der Waals surface area contributed by atoms with Gasteiger partial charge in [0.05, 0.1) is 0 Å². The number of amides is 1. The van der Waals surface area contributed by atoms with Crippen LogP contribution in [0.1, 0.15) is 26.2 Å². The number of likely N-dealkylation sites (tertiary alicyclic amines) is 1. The highest BCUT2D eigenvalue weighted by atomic mass is 19.4. The zero-order chi connectivity index (χ0) is 12.9. The van der Waals surface area contributed by atoms with E-state index in [0.717, 1.165) is 38.4 Å². The van der Waals surface area contributed by atoms with Crippen molar-refractivity contribution in [2.45, 2.75) is 32.4 Å². The van der Waals surface area contributed by atoms with Gasteiger partial charge in [-0.25, -0.2) is 0 Å². The molecule has 0 aromatic heterocycles. The van der Waals surface area contributed by atoms with Crippen LogP contribution in [0.5, 0.6) is 0 Å². The molecule has 0 spiro atoms. The number of nitrogens with zero attached hydrogens (tertiary/aromatic N) is 1. The minimum absolute atomic E-state index is 0.0877. The molecule has 100 valence electrons. The van der Waals surface area contributed by atoms with Crippen molar-refractivity contribution in [3.8, 4) is 0 Å². The van der Waals surface area contributed by atoms with Gasteiger partial charge >= 0.3 is 12.1 Å². The molecular formula is C11H19F3N2O. The molecule has 1 amide bonds. The van der Waals surface area contributed by atoms with E-state index in [1.807, 2.05) is 5.32 Å². The second-order valence-electron chi connectivity index (χ2n) is 4.63. The first kappa shape index (κ1) is 14.3. The monoisotopic (exact) mass is 252 g/mol. The van der Waals surface area contributed by atoms with Crippen molar-refractivity contribution >= 4 is 5.91 Å². The van der Waals surface area contributed by atoms with Gasteiger partial charge in [-0.05, 0) is 44.8 Å². The van der Waals surface area contributed by atoms with Crippen LogP contribution in [0, 0.1) is 5.92 Å². The smallest absolute Gasteiger partial charge is 0.348 e. The maximum absolute atomic E-state index is 11.9. The molecule has 0 radical (unpaired) electrons. The van der Waals surface area contributed by atoms with Gasteiger partial charge in [-0.1, -0.05) is 6.92 Å². The molecule has 0 aromatic rings. The van der Waals surface area contributed by atoms with E-state index < -0.39 is 12.1 Å². The standard InChI is InChI=1S/C11H19F3N2O/c1-9-3-7-16(8-4-9)6-2-5-15-10(17)11(12,13)14/h9H,2-8H2,1H3,(H,15,17). The summed E-state index contributed by atoms with van der Waals surface area (Å²) in [5, 5.41) is 1.88. The van der Waals surface area contributed by atoms with Crippen LogP contribution < -0.4 is 5.32 Å². The maximum Gasteiger partial charge on any atom is 0.471 e. The third-order valence-electron chi connectivity index (χ3n) is 3.07. The minimum atomic E-state index is -4.76. The number of piperidine rings is 1. The summed E-state index contributed by atoms with van der Waals surface area (Å²) >= 11 is 0. The molecule has 1 aliphatic heterocycles. The fourth-order valence-electron chi connectivity index (χ4n) is 1.89. The van der Waals surface area contributed by atoms with E-state index in [4.69, 9.17) is 0 Å². The second-order valence-corrected chi connectivity index (χ2v) is 4.63. The Balaban J connectivity index is 2.07. The van der Waals surface area contributed by atoms with Gasteiger partial charge in [0.2, 0.25) is 0 Å². The van der Waals surface area contributed by atoms with Crippen LogP contribution in [0.2, 0.25) is 0 Å². The van der Waals surface area contributed by atoms with E-state index in [2.05, 4.69) is 11.8 Å². The number of hydrogen-bond donors (Lipinski definition) is 1. The van der Waals surface area contributed by atoms with Gasteiger partial charge in [0.25, 0.3) is 0 Å². The lowest BCUT2D eigenvalue weighted by Crippen LogP contribution is -2.39. The van der Waals surface area contributed by atoms with Gasteiger partial charge in [-0.3, -0.25) is 4.79 Å². The highest BCUT2D eigenvalue weighted by Crippen LogP contribution is 2.16. The Morgan fingerprint density at radius 1 is 1.35 bits per heavy atom. The van der Waals surface area contributed by atoms with Crippen LogP contribution >= 0.6 is 0 Å². The van der Waals surface area contributed by atoms with Crippen LogP contribution in [0.3, 0.4) is 0 Å². The molecule has 0 saturated carbocycles. The lowest BCUT2D eigenvalue weighted by molar-refractivity contribution is -0.173. The van der Waals surface area contributed by atoms with Crippen LogP contribution in [0.4, 0.5) is 13.2 Å². The summed E-state index contributed by atoms with van der Waals surface area (Å²) in [6, 6.07) is 0. The largest absolute Gasteiger partial charge is 0.471 e. The van der Waals surface area contributed by atoms with Crippen molar-refractivity contribution in [1.82, 2.24) is 10.2 Å². The first-order valence-corrected chi connectivity index (χ1v) is 5.97. The Kier molecular flexibility index (Phi) is 5.24. The fourth-order valence-corrected chi connectivity index (χ4v) is 1.89. The fraction of sp³-hybridized carbons (Fsp3) is 0.909. The Labute approximate surface area is 99.4 Å². The van der Waals surface area contributed by atoms with Gasteiger partial charge in [-0.15, -0.1) is 0 Å². The lowest BCUT2D eigenvalue weighted by atomic mass is 9.99. The summed E-state index contributed by atoms with van der Waals surface area (Å²) in [5.41, 5.74) is 0. The van der Waals surface area contributed by atoms with Crippen molar-refractivity contribution < 1.29 is 18.0 Å². The molecule has 1 aliphatic rings. The quantitative estimate of drug-likeness (QED) is 0.774. The van der Waals surface area contributed by atoms with Crippen molar-refractivity contribution in [3.63, 3.8) is 0 Å². The van der Waals surface area contributed by atoms with Crippen LogP contribution in [-0.2, 0) is 4.79 Å². The molecule has 0 atom stereocenters. The number of hydrogen-bond acceptors (Lipinski definition) is 2. The first-order valence-electron chi connectivity index (χ1n) is 5.97. The zero-order valence-electron chi connectivity index (χ0n) is 10.0. The third kappa shape index (κ3) is 5.39. The minimum Gasteiger partial charge on any atom is -0.348 e. The van der Waals surface area contributed by atoms with E-state index in [1.54, 1.807) is 0 Å². The molecule has 3 nitrogen and oxygen atoms in total. The summed E-state index contributed by atoms with van der Waals surface area (Å²) in [4.78, 5) is 12.7. The summed E-state index contributed by atoms with van der Waals surface area (Å²) < 4.78 is 35.6. The number of alkyl halides is 3. The molecule has 17 heavy (non-hydrogen) atoms. The summed E-state index contributed by atoms with van der Waals surface area (Å²) in [6.07, 6.45) is -1.90. The normalized spacial score (nSPS) is 19.3. The summed E-state index contributed by atoms with van der Waals surface area (Å²) in [5.74, 6) is -1.10. The molecule has 6 heteroatoms. The Morgan fingerprint density at radius 3 is 2.47 bits per heavy atom. The van der Waals surface area contributed by atoms with E-state index in [1.165, 1.54) is 0 Å². The highest BCUT2D eigenvalue weighted by Gasteiger charge is 2.38. The average Bonchev–Trinajstić information content (AvgIpc) is 2.25. The molecule has 1 rings (SSSR count). The van der Waals surface area contributed by atoms with Gasteiger partial charge < -0.3 is 10.2 Å². The number of halogens is 3. The SMILES string of the molecule is CC1CCN(CCCNC(=O)C(F)(F)F)CC1. The molecule has 0 bridgehead atoms. The molecule has 1 N–H and O–H groups in total. The molecule has 1 fully saturated rings. The third-order valence-corrected chi connectivity index (χ3v) is 3.07. The number of carbonyl (C=O) groups is 1. The lowest BCUT2D eigenvalue weighted by Gasteiger charge is -2.30. The molecule has 0 aliphatic carbocycles. The predicted molar refractivity (Wildman–Crippen MR) is 58.5 cm³/mol. The predicted octanol–water partition coefficient (Wildman–Crippen LogP) is 1.79. The first-order chi connectivity index (χ1) is 7.89. The van der Waals surface area contributed by atoms with Crippen LogP contribution in [0.25, 0.3) is 0 Å². The Bertz CT molecular complexity index is 248. The Morgan fingerprint density at radius 2 is 1.94 bits per heavy atom. The second kappa shape index (κ2) is 6.23. The molecule has 0 unspecified atom stereocenters. The van der Waals surface area contributed by atoms with Gasteiger partial charge in [0.1, 0.15) is 0 Å².